The number of hydrogen-bond donors (Lipinski definition) is 0. The summed E-state index contributed by atoms with van der Waals surface area (Å²) in [5, 5.41) is 5.24. The molecule has 0 spiro atoms. The van der Waals surface area contributed by atoms with Gasteiger partial charge in [0.25, 0.3) is 0 Å². The van der Waals surface area contributed by atoms with Gasteiger partial charge in [0.1, 0.15) is 6.54 Å². The zero-order valence-corrected chi connectivity index (χ0v) is 14.8. The lowest BCUT2D eigenvalue weighted by atomic mass is 9.77. The van der Waals surface area contributed by atoms with Crippen molar-refractivity contribution in [1.29, 1.82) is 0 Å². The summed E-state index contributed by atoms with van der Waals surface area (Å²) in [5.74, 6) is -0.302. The predicted molar refractivity (Wildman–Crippen MR) is 92.1 cm³/mol. The summed E-state index contributed by atoms with van der Waals surface area (Å²) < 4.78 is 18.9. The van der Waals surface area contributed by atoms with Gasteiger partial charge in [-0.25, -0.2) is 0 Å². The first-order valence-corrected chi connectivity index (χ1v) is 8.21. The number of aromatic nitrogens is 2. The maximum absolute atomic E-state index is 11.7. The fraction of sp³-hybridized carbons (Fsp3) is 0.529. The lowest BCUT2D eigenvalue weighted by Gasteiger charge is -2.32. The van der Waals surface area contributed by atoms with Gasteiger partial charge in [-0.05, 0) is 46.1 Å². The standard InChI is InChI=1S/C17H23BN2O4/c1-6-22-15(21)11-20-14-9-7-8-13(12(14)10-19-20)18-23-16(2,3)17(4,5)24-18/h7-10H,6,11H2,1-5H3. The Kier molecular flexibility index (Phi) is 4.17. The summed E-state index contributed by atoms with van der Waals surface area (Å²) in [7, 11) is -0.459. The normalized spacial score (nSPS) is 19.0. The van der Waals surface area contributed by atoms with E-state index in [-0.39, 0.29) is 12.5 Å². The summed E-state index contributed by atoms with van der Waals surface area (Å²) >= 11 is 0. The monoisotopic (exact) mass is 330 g/mol. The maximum Gasteiger partial charge on any atom is 0.495 e. The third-order valence-corrected chi connectivity index (χ3v) is 4.81. The average molecular weight is 330 g/mol. The maximum atomic E-state index is 11.7. The number of esters is 1. The van der Waals surface area contributed by atoms with Crippen LogP contribution in [0.25, 0.3) is 10.9 Å². The van der Waals surface area contributed by atoms with Gasteiger partial charge in [0.2, 0.25) is 0 Å². The number of benzene rings is 1. The molecule has 0 bridgehead atoms. The molecule has 1 aliphatic heterocycles. The molecule has 0 radical (unpaired) electrons. The molecule has 0 N–H and O–H groups in total. The van der Waals surface area contributed by atoms with Crippen molar-refractivity contribution in [2.45, 2.75) is 52.4 Å². The molecule has 0 aliphatic carbocycles. The van der Waals surface area contributed by atoms with E-state index >= 15 is 0 Å². The number of hydrogen-bond acceptors (Lipinski definition) is 5. The highest BCUT2D eigenvalue weighted by molar-refractivity contribution is 6.65. The van der Waals surface area contributed by atoms with Crippen LogP contribution in [0.4, 0.5) is 0 Å². The molecule has 0 atom stereocenters. The van der Waals surface area contributed by atoms with Crippen molar-refractivity contribution in [3.8, 4) is 0 Å². The molecular weight excluding hydrogens is 307 g/mol. The van der Waals surface area contributed by atoms with Crippen LogP contribution in [0.1, 0.15) is 34.6 Å². The summed E-state index contributed by atoms with van der Waals surface area (Å²) in [6.07, 6.45) is 1.74. The molecule has 1 aliphatic rings. The van der Waals surface area contributed by atoms with Crippen molar-refractivity contribution in [3.05, 3.63) is 24.4 Å². The smallest absolute Gasteiger partial charge is 0.465 e. The van der Waals surface area contributed by atoms with E-state index in [0.29, 0.717) is 6.61 Å². The SMILES string of the molecule is CCOC(=O)Cn1ncc2c(B3OC(C)(C)C(C)(C)O3)cccc21. The quantitative estimate of drug-likeness (QED) is 0.633. The summed E-state index contributed by atoms with van der Waals surface area (Å²) in [4.78, 5) is 11.7. The predicted octanol–water partition coefficient (Wildman–Crippen LogP) is 1.90. The lowest BCUT2D eigenvalue weighted by Crippen LogP contribution is -2.41. The van der Waals surface area contributed by atoms with Crippen LogP contribution < -0.4 is 5.46 Å². The summed E-state index contributed by atoms with van der Waals surface area (Å²) in [5.41, 5.74) is 0.971. The molecule has 0 saturated carbocycles. The molecule has 2 aromatic rings. The number of fused-ring (bicyclic) bond motifs is 1. The number of rotatable bonds is 4. The van der Waals surface area contributed by atoms with Crippen LogP contribution >= 0.6 is 0 Å². The minimum atomic E-state index is -0.459. The first-order valence-electron chi connectivity index (χ1n) is 8.21. The van der Waals surface area contributed by atoms with E-state index in [1.54, 1.807) is 17.8 Å². The molecule has 1 saturated heterocycles. The number of ether oxygens (including phenoxy) is 1. The number of carbonyl (C=O) groups is 1. The molecule has 3 rings (SSSR count). The largest absolute Gasteiger partial charge is 0.495 e. The molecule has 24 heavy (non-hydrogen) atoms. The van der Waals surface area contributed by atoms with E-state index in [9.17, 15) is 4.79 Å². The minimum Gasteiger partial charge on any atom is -0.465 e. The van der Waals surface area contributed by atoms with Gasteiger partial charge >= 0.3 is 13.1 Å². The van der Waals surface area contributed by atoms with E-state index < -0.39 is 18.3 Å². The Morgan fingerprint density at radius 2 is 1.92 bits per heavy atom. The van der Waals surface area contributed by atoms with Gasteiger partial charge in [0.05, 0.1) is 29.5 Å². The van der Waals surface area contributed by atoms with Crippen LogP contribution in [0.2, 0.25) is 0 Å². The molecular formula is C17H23BN2O4. The topological polar surface area (TPSA) is 62.6 Å². The van der Waals surface area contributed by atoms with E-state index in [4.69, 9.17) is 14.0 Å². The van der Waals surface area contributed by atoms with Crippen molar-refractivity contribution >= 4 is 29.5 Å². The van der Waals surface area contributed by atoms with Crippen LogP contribution in [0.3, 0.4) is 0 Å². The van der Waals surface area contributed by atoms with Crippen LogP contribution in [0.5, 0.6) is 0 Å². The second kappa shape index (κ2) is 5.90. The van der Waals surface area contributed by atoms with E-state index in [0.717, 1.165) is 16.4 Å². The number of carbonyl (C=O) groups excluding carboxylic acids is 1. The van der Waals surface area contributed by atoms with Crippen LogP contribution in [0, 0.1) is 0 Å². The Morgan fingerprint density at radius 1 is 1.25 bits per heavy atom. The van der Waals surface area contributed by atoms with Gasteiger partial charge in [0.15, 0.2) is 0 Å². The highest BCUT2D eigenvalue weighted by Gasteiger charge is 2.52. The third-order valence-electron chi connectivity index (χ3n) is 4.81. The second-order valence-electron chi connectivity index (χ2n) is 6.98. The van der Waals surface area contributed by atoms with Crippen molar-refractivity contribution in [3.63, 3.8) is 0 Å². The minimum absolute atomic E-state index is 0.0875. The fourth-order valence-corrected chi connectivity index (χ4v) is 2.76. The van der Waals surface area contributed by atoms with Crippen LogP contribution in [0.15, 0.2) is 24.4 Å². The first-order chi connectivity index (χ1) is 11.2. The third kappa shape index (κ3) is 2.82. The lowest BCUT2D eigenvalue weighted by molar-refractivity contribution is -0.143. The zero-order chi connectivity index (χ0) is 17.5. The van der Waals surface area contributed by atoms with Crippen molar-refractivity contribution in [2.75, 3.05) is 6.61 Å². The molecule has 0 amide bonds. The Balaban J connectivity index is 1.94. The van der Waals surface area contributed by atoms with Crippen LogP contribution in [-0.4, -0.2) is 40.7 Å². The highest BCUT2D eigenvalue weighted by atomic mass is 16.7. The van der Waals surface area contributed by atoms with Gasteiger partial charge in [-0.1, -0.05) is 12.1 Å². The zero-order valence-electron chi connectivity index (χ0n) is 14.8. The van der Waals surface area contributed by atoms with Gasteiger partial charge in [0, 0.05) is 5.39 Å². The average Bonchev–Trinajstić information content (AvgIpc) is 2.98. The van der Waals surface area contributed by atoms with Crippen molar-refractivity contribution < 1.29 is 18.8 Å². The molecule has 128 valence electrons. The van der Waals surface area contributed by atoms with E-state index in [1.807, 2.05) is 45.9 Å². The molecule has 2 heterocycles. The first kappa shape index (κ1) is 17.0. The van der Waals surface area contributed by atoms with E-state index in [2.05, 4.69) is 5.10 Å². The van der Waals surface area contributed by atoms with Gasteiger partial charge in [-0.15, -0.1) is 0 Å². The van der Waals surface area contributed by atoms with E-state index in [1.165, 1.54) is 0 Å². The molecule has 6 nitrogen and oxygen atoms in total. The van der Waals surface area contributed by atoms with Crippen molar-refractivity contribution in [2.24, 2.45) is 0 Å². The summed E-state index contributed by atoms with van der Waals surface area (Å²) in [6, 6.07) is 5.82. The second-order valence-corrected chi connectivity index (χ2v) is 6.98. The Bertz CT molecular complexity index is 753. The summed E-state index contributed by atoms with van der Waals surface area (Å²) in [6.45, 7) is 10.3. The molecule has 1 aromatic heterocycles. The fourth-order valence-electron chi connectivity index (χ4n) is 2.76. The Labute approximate surface area is 142 Å². The van der Waals surface area contributed by atoms with Gasteiger partial charge in [-0.2, -0.15) is 5.10 Å². The number of nitrogens with zero attached hydrogens (tertiary/aromatic N) is 2. The van der Waals surface area contributed by atoms with Gasteiger partial charge < -0.3 is 14.0 Å². The Morgan fingerprint density at radius 3 is 2.54 bits per heavy atom. The highest BCUT2D eigenvalue weighted by Crippen LogP contribution is 2.36. The van der Waals surface area contributed by atoms with Crippen LogP contribution in [-0.2, 0) is 25.4 Å². The molecule has 7 heteroatoms. The Hall–Kier alpha value is -1.86. The molecule has 1 aromatic carbocycles. The van der Waals surface area contributed by atoms with Gasteiger partial charge in [-0.3, -0.25) is 9.48 Å². The molecule has 0 unspecified atom stereocenters. The molecule has 1 fully saturated rings. The van der Waals surface area contributed by atoms with Crippen molar-refractivity contribution in [1.82, 2.24) is 9.78 Å².